The molecule has 10 heteroatoms. The van der Waals surface area contributed by atoms with Gasteiger partial charge in [-0.2, -0.15) is 5.10 Å². The molecule has 1 unspecified atom stereocenters. The lowest BCUT2D eigenvalue weighted by atomic mass is 9.93. The molecule has 2 saturated heterocycles. The van der Waals surface area contributed by atoms with Gasteiger partial charge in [-0.15, -0.1) is 0 Å². The molecule has 0 aliphatic carbocycles. The number of anilines is 1. The monoisotopic (exact) mass is 455 g/mol. The van der Waals surface area contributed by atoms with Gasteiger partial charge in [0.15, 0.2) is 5.82 Å². The summed E-state index contributed by atoms with van der Waals surface area (Å²) >= 11 is 0. The van der Waals surface area contributed by atoms with E-state index in [0.29, 0.717) is 12.4 Å². The molecule has 33 heavy (non-hydrogen) atoms. The van der Waals surface area contributed by atoms with Gasteiger partial charge in [0, 0.05) is 30.2 Å². The van der Waals surface area contributed by atoms with E-state index in [9.17, 15) is 14.0 Å². The summed E-state index contributed by atoms with van der Waals surface area (Å²) in [5, 5.41) is 9.99. The zero-order chi connectivity index (χ0) is 23.3. The second-order valence-corrected chi connectivity index (χ2v) is 9.60. The van der Waals surface area contributed by atoms with Gasteiger partial charge in [0.05, 0.1) is 24.5 Å². The lowest BCUT2D eigenvalue weighted by molar-refractivity contribution is 0.00674. The zero-order valence-corrected chi connectivity index (χ0v) is 19.3. The van der Waals surface area contributed by atoms with Crippen LogP contribution in [0.15, 0.2) is 18.3 Å². The molecule has 0 saturated carbocycles. The maximum absolute atomic E-state index is 13.7. The molecular formula is C23H30FN7O2. The van der Waals surface area contributed by atoms with Gasteiger partial charge in [-0.05, 0) is 51.8 Å². The first kappa shape index (κ1) is 21.8. The number of nitrogens with one attached hydrogen (secondary N) is 2. The van der Waals surface area contributed by atoms with Crippen LogP contribution in [0.5, 0.6) is 0 Å². The van der Waals surface area contributed by atoms with Gasteiger partial charge in [0.2, 0.25) is 0 Å². The van der Waals surface area contributed by atoms with Crippen molar-refractivity contribution in [3.8, 4) is 0 Å². The Morgan fingerprint density at radius 2 is 2.15 bits per heavy atom. The van der Waals surface area contributed by atoms with Crippen LogP contribution in [0.4, 0.5) is 15.0 Å². The van der Waals surface area contributed by atoms with Crippen molar-refractivity contribution in [3.63, 3.8) is 0 Å². The Morgan fingerprint density at radius 1 is 1.33 bits per heavy atom. The fourth-order valence-electron chi connectivity index (χ4n) is 5.52. The lowest BCUT2D eigenvalue weighted by Crippen LogP contribution is -2.64. The fourth-order valence-corrected chi connectivity index (χ4v) is 5.52. The molecule has 0 bridgehead atoms. The van der Waals surface area contributed by atoms with E-state index in [1.807, 2.05) is 11.8 Å². The van der Waals surface area contributed by atoms with Gasteiger partial charge in [-0.25, -0.2) is 14.2 Å². The van der Waals surface area contributed by atoms with Crippen LogP contribution in [0, 0.1) is 5.82 Å². The van der Waals surface area contributed by atoms with Crippen molar-refractivity contribution in [2.24, 2.45) is 0 Å². The number of aromatic nitrogens is 3. The molecule has 2 fully saturated rings. The number of hydrogen-bond acceptors (Lipinski definition) is 5. The Bertz CT molecular complexity index is 1070. The maximum Gasteiger partial charge on any atom is 0.321 e. The standard InChI is InChI=1S/C23H30FN7O2/c1-4-16-11-29-9-5-8-23(29,3)13-31(16)22(33)30-12-17-19(14(30)2)27-28-20(17)26-21(32)18-7-6-15(24)10-25-18/h6-7,10,14,16H,4-5,8-9,11-13H2,1-3H3,(H2,26,27,28,32)/t14?,16-,23-/m0/s1. The summed E-state index contributed by atoms with van der Waals surface area (Å²) in [5.41, 5.74) is 1.76. The van der Waals surface area contributed by atoms with E-state index in [-0.39, 0.29) is 29.3 Å². The van der Waals surface area contributed by atoms with E-state index in [0.717, 1.165) is 49.9 Å². The highest BCUT2D eigenvalue weighted by molar-refractivity contribution is 6.02. The van der Waals surface area contributed by atoms with Crippen LogP contribution in [0.25, 0.3) is 0 Å². The molecule has 176 valence electrons. The number of fused-ring (bicyclic) bond motifs is 2. The number of hydrogen-bond donors (Lipinski definition) is 2. The summed E-state index contributed by atoms with van der Waals surface area (Å²) in [4.78, 5) is 36.5. The minimum Gasteiger partial charge on any atom is -0.319 e. The van der Waals surface area contributed by atoms with Crippen LogP contribution in [0.2, 0.25) is 0 Å². The maximum atomic E-state index is 13.7. The van der Waals surface area contributed by atoms with E-state index in [1.165, 1.54) is 18.6 Å². The number of H-pyrrole nitrogens is 1. The molecule has 5 heterocycles. The minimum atomic E-state index is -0.507. The van der Waals surface area contributed by atoms with Crippen LogP contribution < -0.4 is 5.32 Å². The highest BCUT2D eigenvalue weighted by Crippen LogP contribution is 2.39. The van der Waals surface area contributed by atoms with Gasteiger partial charge in [0.1, 0.15) is 11.5 Å². The van der Waals surface area contributed by atoms with Gasteiger partial charge in [-0.1, -0.05) is 6.92 Å². The second kappa shape index (κ2) is 8.09. The summed E-state index contributed by atoms with van der Waals surface area (Å²) in [6.45, 7) is 9.51. The predicted molar refractivity (Wildman–Crippen MR) is 120 cm³/mol. The molecule has 0 spiro atoms. The molecule has 2 N–H and O–H groups in total. The van der Waals surface area contributed by atoms with Crippen LogP contribution >= 0.6 is 0 Å². The Labute approximate surface area is 192 Å². The van der Waals surface area contributed by atoms with E-state index in [2.05, 4.69) is 44.1 Å². The topological polar surface area (TPSA) is 97.5 Å². The highest BCUT2D eigenvalue weighted by atomic mass is 19.1. The number of urea groups is 1. The quantitative estimate of drug-likeness (QED) is 0.741. The number of pyridine rings is 1. The number of amides is 3. The number of aromatic amines is 1. The fraction of sp³-hybridized carbons (Fsp3) is 0.565. The Hall–Kier alpha value is -3.01. The van der Waals surface area contributed by atoms with Crippen LogP contribution in [-0.2, 0) is 6.54 Å². The number of carbonyl (C=O) groups is 2. The molecular weight excluding hydrogens is 425 g/mol. The summed E-state index contributed by atoms with van der Waals surface area (Å²) in [5.74, 6) is -0.603. The highest BCUT2D eigenvalue weighted by Gasteiger charge is 2.48. The van der Waals surface area contributed by atoms with Crippen molar-refractivity contribution in [3.05, 3.63) is 41.1 Å². The smallest absolute Gasteiger partial charge is 0.319 e. The normalized spacial score (nSPS) is 26.9. The predicted octanol–water partition coefficient (Wildman–Crippen LogP) is 3.14. The van der Waals surface area contributed by atoms with Crippen molar-refractivity contribution in [2.75, 3.05) is 25.0 Å². The average Bonchev–Trinajstić information content (AvgIpc) is 3.47. The molecule has 3 aliphatic rings. The third-order valence-corrected chi connectivity index (χ3v) is 7.56. The van der Waals surface area contributed by atoms with Crippen LogP contribution in [-0.4, -0.2) is 73.0 Å². The molecule has 3 atom stereocenters. The largest absolute Gasteiger partial charge is 0.321 e. The van der Waals surface area contributed by atoms with Crippen LogP contribution in [0.1, 0.15) is 67.8 Å². The van der Waals surface area contributed by atoms with Crippen molar-refractivity contribution < 1.29 is 14.0 Å². The molecule has 2 aromatic heterocycles. The Kier molecular flexibility index (Phi) is 5.35. The first-order chi connectivity index (χ1) is 15.8. The molecule has 2 aromatic rings. The van der Waals surface area contributed by atoms with Gasteiger partial charge < -0.3 is 15.1 Å². The first-order valence-corrected chi connectivity index (χ1v) is 11.6. The Balaban J connectivity index is 1.33. The van der Waals surface area contributed by atoms with Crippen molar-refractivity contribution in [2.45, 2.75) is 64.2 Å². The van der Waals surface area contributed by atoms with Crippen molar-refractivity contribution in [1.82, 2.24) is 29.9 Å². The number of piperazine rings is 1. The van der Waals surface area contributed by atoms with Crippen LogP contribution in [0.3, 0.4) is 0 Å². The number of halogens is 1. The van der Waals surface area contributed by atoms with E-state index in [1.54, 1.807) is 0 Å². The summed E-state index contributed by atoms with van der Waals surface area (Å²) < 4.78 is 13.1. The van der Waals surface area contributed by atoms with Gasteiger partial charge in [-0.3, -0.25) is 14.8 Å². The molecule has 0 aromatic carbocycles. The first-order valence-electron chi connectivity index (χ1n) is 11.6. The van der Waals surface area contributed by atoms with E-state index < -0.39 is 11.7 Å². The molecule has 3 aliphatic heterocycles. The lowest BCUT2D eigenvalue weighted by Gasteiger charge is -2.50. The third kappa shape index (κ3) is 3.66. The number of rotatable bonds is 3. The van der Waals surface area contributed by atoms with Gasteiger partial charge in [0.25, 0.3) is 5.91 Å². The average molecular weight is 456 g/mol. The second-order valence-electron chi connectivity index (χ2n) is 9.60. The van der Waals surface area contributed by atoms with Crippen molar-refractivity contribution >= 4 is 17.8 Å². The minimum absolute atomic E-state index is 0.0317. The zero-order valence-electron chi connectivity index (χ0n) is 19.3. The SMILES string of the molecule is CC[C@H]1CN2CCC[C@@]2(C)CN1C(=O)N1Cc2c(NC(=O)c3ccc(F)cn3)n[nH]c2C1C. The molecule has 9 nitrogen and oxygen atoms in total. The molecule has 0 radical (unpaired) electrons. The number of carbonyl (C=O) groups excluding carboxylic acids is 2. The molecule has 3 amide bonds. The van der Waals surface area contributed by atoms with Gasteiger partial charge >= 0.3 is 6.03 Å². The summed E-state index contributed by atoms with van der Waals surface area (Å²) in [7, 11) is 0. The third-order valence-electron chi connectivity index (χ3n) is 7.56. The summed E-state index contributed by atoms with van der Waals surface area (Å²) in [6, 6.07) is 2.56. The van der Waals surface area contributed by atoms with Crippen molar-refractivity contribution in [1.29, 1.82) is 0 Å². The Morgan fingerprint density at radius 3 is 2.88 bits per heavy atom. The van der Waals surface area contributed by atoms with E-state index in [4.69, 9.17) is 0 Å². The number of nitrogens with zero attached hydrogens (tertiary/aromatic N) is 5. The molecule has 5 rings (SSSR count). The van der Waals surface area contributed by atoms with E-state index >= 15 is 0 Å². The summed E-state index contributed by atoms with van der Waals surface area (Å²) in [6.07, 6.45) is 4.21.